The number of ether oxygens (including phenoxy) is 1. The highest BCUT2D eigenvalue weighted by atomic mass is 32.2. The van der Waals surface area contributed by atoms with Crippen LogP contribution in [0, 0.1) is 13.8 Å². The zero-order valence-corrected chi connectivity index (χ0v) is 19.5. The number of sulfonamides is 1. The molecular formula is C24H32N2O4S. The third-order valence-corrected chi connectivity index (χ3v) is 7.23. The molecule has 0 aliphatic carbocycles. The molecule has 1 saturated heterocycles. The molecule has 6 nitrogen and oxygen atoms in total. The summed E-state index contributed by atoms with van der Waals surface area (Å²) in [7, 11) is -3.65. The van der Waals surface area contributed by atoms with Crippen molar-refractivity contribution in [3.63, 3.8) is 0 Å². The number of rotatable bonds is 7. The van der Waals surface area contributed by atoms with E-state index in [0.717, 1.165) is 30.2 Å². The van der Waals surface area contributed by atoms with Gasteiger partial charge < -0.3 is 10.1 Å². The summed E-state index contributed by atoms with van der Waals surface area (Å²) in [6.07, 6.45) is 2.75. The standard InChI is InChI=1S/C24H32N2O4S/c1-18-14-19(2)16-22(15-18)26(31(4,28)29)20(3)23(27)25-17-24(10-12-30-13-11-24)21-8-6-5-7-9-21/h5-9,14-16,20H,10-13,17H2,1-4H3,(H,25,27)/t20-/m1/s1. The molecule has 1 aliphatic heterocycles. The number of nitrogens with zero attached hydrogens (tertiary/aromatic N) is 1. The highest BCUT2D eigenvalue weighted by Crippen LogP contribution is 2.34. The molecule has 1 fully saturated rings. The molecule has 1 atom stereocenters. The zero-order chi connectivity index (χ0) is 22.6. The molecule has 1 N–H and O–H groups in total. The lowest BCUT2D eigenvalue weighted by Gasteiger charge is -2.38. The molecule has 0 spiro atoms. The van der Waals surface area contributed by atoms with Crippen LogP contribution in [0.25, 0.3) is 0 Å². The van der Waals surface area contributed by atoms with Crippen molar-refractivity contribution < 1.29 is 17.9 Å². The summed E-state index contributed by atoms with van der Waals surface area (Å²) in [5.41, 5.74) is 3.35. The number of carbonyl (C=O) groups excluding carboxylic acids is 1. The first-order valence-electron chi connectivity index (χ1n) is 10.6. The first-order valence-corrected chi connectivity index (χ1v) is 12.5. The molecule has 0 saturated carbocycles. The number of carbonyl (C=O) groups is 1. The minimum absolute atomic E-state index is 0.218. The number of nitrogens with one attached hydrogen (secondary N) is 1. The van der Waals surface area contributed by atoms with Gasteiger partial charge in [0.15, 0.2) is 0 Å². The van der Waals surface area contributed by atoms with Gasteiger partial charge in [-0.2, -0.15) is 0 Å². The molecule has 1 heterocycles. The minimum Gasteiger partial charge on any atom is -0.381 e. The van der Waals surface area contributed by atoms with Crippen LogP contribution in [-0.4, -0.2) is 46.4 Å². The van der Waals surface area contributed by atoms with E-state index in [4.69, 9.17) is 4.74 Å². The zero-order valence-electron chi connectivity index (χ0n) is 18.7. The Kier molecular flexibility index (Phi) is 7.06. The number of anilines is 1. The predicted molar refractivity (Wildman–Crippen MR) is 124 cm³/mol. The van der Waals surface area contributed by atoms with E-state index >= 15 is 0 Å². The molecule has 168 valence electrons. The first-order chi connectivity index (χ1) is 14.6. The number of benzene rings is 2. The molecule has 0 aromatic heterocycles. The maximum absolute atomic E-state index is 13.1. The van der Waals surface area contributed by atoms with E-state index in [1.54, 1.807) is 19.1 Å². The van der Waals surface area contributed by atoms with Gasteiger partial charge in [0, 0.05) is 25.2 Å². The van der Waals surface area contributed by atoms with Crippen LogP contribution in [0.4, 0.5) is 5.69 Å². The van der Waals surface area contributed by atoms with Crippen molar-refractivity contribution in [2.75, 3.05) is 30.3 Å². The number of hydrogen-bond acceptors (Lipinski definition) is 4. The second kappa shape index (κ2) is 9.40. The highest BCUT2D eigenvalue weighted by molar-refractivity contribution is 7.92. The quantitative estimate of drug-likeness (QED) is 0.711. The Bertz CT molecular complexity index is 995. The Balaban J connectivity index is 1.83. The van der Waals surface area contributed by atoms with Crippen molar-refractivity contribution >= 4 is 21.6 Å². The largest absolute Gasteiger partial charge is 0.381 e. The summed E-state index contributed by atoms with van der Waals surface area (Å²) in [5, 5.41) is 3.04. The van der Waals surface area contributed by atoms with Crippen molar-refractivity contribution in [2.45, 2.75) is 45.1 Å². The number of amides is 1. The van der Waals surface area contributed by atoms with E-state index in [2.05, 4.69) is 17.4 Å². The number of aryl methyl sites for hydroxylation is 2. The van der Waals surface area contributed by atoms with Gasteiger partial charge in [0.25, 0.3) is 0 Å². The van der Waals surface area contributed by atoms with Crippen molar-refractivity contribution in [1.82, 2.24) is 5.32 Å². The average molecular weight is 445 g/mol. The molecular weight excluding hydrogens is 412 g/mol. The Morgan fingerprint density at radius 1 is 1.10 bits per heavy atom. The third-order valence-electron chi connectivity index (χ3n) is 5.99. The van der Waals surface area contributed by atoms with E-state index < -0.39 is 16.1 Å². The number of hydrogen-bond donors (Lipinski definition) is 1. The van der Waals surface area contributed by atoms with Gasteiger partial charge in [0.05, 0.1) is 11.9 Å². The van der Waals surface area contributed by atoms with E-state index in [9.17, 15) is 13.2 Å². The smallest absolute Gasteiger partial charge is 0.243 e. The Hall–Kier alpha value is -2.38. The minimum atomic E-state index is -3.65. The van der Waals surface area contributed by atoms with Crippen LogP contribution in [0.2, 0.25) is 0 Å². The van der Waals surface area contributed by atoms with Gasteiger partial charge in [-0.05, 0) is 62.4 Å². The van der Waals surface area contributed by atoms with Gasteiger partial charge in [-0.25, -0.2) is 8.42 Å². The van der Waals surface area contributed by atoms with Crippen LogP contribution in [0.15, 0.2) is 48.5 Å². The third kappa shape index (κ3) is 5.46. The molecule has 7 heteroatoms. The first kappa shape index (κ1) is 23.3. The van der Waals surface area contributed by atoms with Gasteiger partial charge >= 0.3 is 0 Å². The molecule has 0 bridgehead atoms. The van der Waals surface area contributed by atoms with Crippen molar-refractivity contribution in [3.05, 3.63) is 65.2 Å². The fraction of sp³-hybridized carbons (Fsp3) is 0.458. The second-order valence-electron chi connectivity index (χ2n) is 8.56. The van der Waals surface area contributed by atoms with Crippen LogP contribution in [0.5, 0.6) is 0 Å². The summed E-state index contributed by atoms with van der Waals surface area (Å²) >= 11 is 0. The van der Waals surface area contributed by atoms with E-state index in [1.165, 1.54) is 9.87 Å². The molecule has 1 aliphatic rings. The Morgan fingerprint density at radius 2 is 1.68 bits per heavy atom. The van der Waals surface area contributed by atoms with E-state index in [-0.39, 0.29) is 11.3 Å². The highest BCUT2D eigenvalue weighted by Gasteiger charge is 2.36. The summed E-state index contributed by atoms with van der Waals surface area (Å²) in [6, 6.07) is 14.8. The average Bonchev–Trinajstić information content (AvgIpc) is 2.71. The van der Waals surface area contributed by atoms with Crippen LogP contribution in [0.1, 0.15) is 36.5 Å². The van der Waals surface area contributed by atoms with Gasteiger partial charge in [-0.1, -0.05) is 36.4 Å². The fourth-order valence-corrected chi connectivity index (χ4v) is 5.57. The predicted octanol–water partition coefficient (Wildman–Crippen LogP) is 3.32. The second-order valence-corrected chi connectivity index (χ2v) is 10.4. The lowest BCUT2D eigenvalue weighted by Crippen LogP contribution is -2.51. The van der Waals surface area contributed by atoms with Gasteiger partial charge in [0.2, 0.25) is 15.9 Å². The molecule has 3 rings (SSSR count). The molecule has 2 aromatic rings. The monoisotopic (exact) mass is 444 g/mol. The molecule has 0 unspecified atom stereocenters. The lowest BCUT2D eigenvalue weighted by molar-refractivity contribution is -0.122. The van der Waals surface area contributed by atoms with Crippen LogP contribution in [-0.2, 0) is 25.0 Å². The van der Waals surface area contributed by atoms with Crippen LogP contribution >= 0.6 is 0 Å². The summed E-state index contributed by atoms with van der Waals surface area (Å²) in [4.78, 5) is 13.1. The SMILES string of the molecule is Cc1cc(C)cc(N([C@H](C)C(=O)NCC2(c3ccccc3)CCOCC2)S(C)(=O)=O)c1. The maximum Gasteiger partial charge on any atom is 0.243 e. The summed E-state index contributed by atoms with van der Waals surface area (Å²) in [6.45, 7) is 7.17. The van der Waals surface area contributed by atoms with Crippen molar-refractivity contribution in [1.29, 1.82) is 0 Å². The molecule has 2 aromatic carbocycles. The topological polar surface area (TPSA) is 75.7 Å². The summed E-state index contributed by atoms with van der Waals surface area (Å²) < 4.78 is 32.0. The van der Waals surface area contributed by atoms with Gasteiger partial charge in [-0.15, -0.1) is 0 Å². The van der Waals surface area contributed by atoms with Crippen molar-refractivity contribution in [3.8, 4) is 0 Å². The molecule has 1 amide bonds. The van der Waals surface area contributed by atoms with Crippen LogP contribution < -0.4 is 9.62 Å². The Morgan fingerprint density at radius 3 is 2.23 bits per heavy atom. The lowest BCUT2D eigenvalue weighted by atomic mass is 9.74. The molecule has 0 radical (unpaired) electrons. The van der Waals surface area contributed by atoms with Crippen LogP contribution in [0.3, 0.4) is 0 Å². The maximum atomic E-state index is 13.1. The summed E-state index contributed by atoms with van der Waals surface area (Å²) in [5.74, 6) is -0.314. The Labute approximate surface area is 185 Å². The van der Waals surface area contributed by atoms with E-state index in [0.29, 0.717) is 25.4 Å². The molecule has 31 heavy (non-hydrogen) atoms. The van der Waals surface area contributed by atoms with Crippen molar-refractivity contribution in [2.24, 2.45) is 0 Å². The van der Waals surface area contributed by atoms with E-state index in [1.807, 2.05) is 38.1 Å². The fourth-order valence-electron chi connectivity index (χ4n) is 4.41. The van der Waals surface area contributed by atoms with Gasteiger partial charge in [0.1, 0.15) is 6.04 Å². The van der Waals surface area contributed by atoms with Gasteiger partial charge in [-0.3, -0.25) is 9.10 Å². The normalized spacial score (nSPS) is 17.0.